The molecule has 2 aliphatic rings. The highest BCUT2D eigenvalue weighted by molar-refractivity contribution is 9.10. The van der Waals surface area contributed by atoms with Gasteiger partial charge in [-0.25, -0.2) is 0 Å². The molecule has 1 aromatic heterocycles. The van der Waals surface area contributed by atoms with Crippen LogP contribution < -0.4 is 0 Å². The maximum absolute atomic E-state index is 3.79. The van der Waals surface area contributed by atoms with Crippen LogP contribution >= 0.6 is 43.2 Å². The second kappa shape index (κ2) is 6.69. The molecule has 0 aliphatic heterocycles. The van der Waals surface area contributed by atoms with E-state index < -0.39 is 0 Å². The molecule has 8 rings (SSSR count). The van der Waals surface area contributed by atoms with Crippen LogP contribution in [0.25, 0.3) is 42.4 Å². The van der Waals surface area contributed by atoms with Gasteiger partial charge < -0.3 is 0 Å². The molecule has 0 saturated heterocycles. The summed E-state index contributed by atoms with van der Waals surface area (Å²) in [5.74, 6) is 0. The third-order valence-electron chi connectivity index (χ3n) is 7.61. The van der Waals surface area contributed by atoms with Gasteiger partial charge >= 0.3 is 0 Å². The third kappa shape index (κ3) is 2.24. The topological polar surface area (TPSA) is 0 Å². The van der Waals surface area contributed by atoms with Crippen LogP contribution in [0.15, 0.2) is 106 Å². The molecule has 0 atom stereocenters. The van der Waals surface area contributed by atoms with Crippen LogP contribution in [0.5, 0.6) is 0 Å². The standard InChI is InChI=1S/C31H16Br2S/c32-17-9-11-19-20-12-10-18(33)16-26(20)31(25(19)15-17)23-7-3-1-5-21(23)29-24(31)13-14-28-30(29)22-6-2-4-8-27(22)34-28/h1-16H. The van der Waals surface area contributed by atoms with Gasteiger partial charge in [-0.2, -0.15) is 0 Å². The molecule has 0 fully saturated rings. The molecule has 0 bridgehead atoms. The van der Waals surface area contributed by atoms with Crippen LogP contribution in [0.4, 0.5) is 0 Å². The first kappa shape index (κ1) is 19.6. The van der Waals surface area contributed by atoms with Crippen molar-refractivity contribution in [2.45, 2.75) is 5.41 Å². The Kier molecular flexibility index (Phi) is 3.85. The number of benzene rings is 5. The van der Waals surface area contributed by atoms with Crippen LogP contribution in [0.3, 0.4) is 0 Å². The minimum Gasteiger partial charge on any atom is -0.135 e. The Hall–Kier alpha value is -2.72. The van der Waals surface area contributed by atoms with E-state index in [-0.39, 0.29) is 5.41 Å². The average Bonchev–Trinajstić information content (AvgIpc) is 3.47. The van der Waals surface area contributed by atoms with Gasteiger partial charge in [0.1, 0.15) is 0 Å². The van der Waals surface area contributed by atoms with E-state index in [0.717, 1.165) is 8.95 Å². The summed E-state index contributed by atoms with van der Waals surface area (Å²) in [6.45, 7) is 0. The van der Waals surface area contributed by atoms with Gasteiger partial charge in [-0.3, -0.25) is 0 Å². The molecule has 1 spiro atoms. The number of halogens is 2. The maximum Gasteiger partial charge on any atom is 0.0726 e. The Labute approximate surface area is 218 Å². The molecule has 160 valence electrons. The van der Waals surface area contributed by atoms with Crippen molar-refractivity contribution in [3.63, 3.8) is 0 Å². The summed E-state index contributed by atoms with van der Waals surface area (Å²) in [6.07, 6.45) is 0. The van der Waals surface area contributed by atoms with E-state index in [0.29, 0.717) is 0 Å². The molecule has 2 aliphatic carbocycles. The van der Waals surface area contributed by atoms with Crippen molar-refractivity contribution in [2.24, 2.45) is 0 Å². The molecular weight excluding hydrogens is 564 g/mol. The van der Waals surface area contributed by atoms with Gasteiger partial charge in [0.2, 0.25) is 0 Å². The lowest BCUT2D eigenvalue weighted by Gasteiger charge is -2.30. The van der Waals surface area contributed by atoms with E-state index in [1.54, 1.807) is 0 Å². The fourth-order valence-corrected chi connectivity index (χ4v) is 8.27. The first-order valence-corrected chi connectivity index (χ1v) is 13.7. The fraction of sp³-hybridized carbons (Fsp3) is 0.0323. The Morgan fingerprint density at radius 3 is 1.97 bits per heavy atom. The average molecular weight is 580 g/mol. The predicted octanol–water partition coefficient (Wildman–Crippen LogP) is 9.92. The van der Waals surface area contributed by atoms with Crippen LogP contribution in [-0.2, 0) is 5.41 Å². The molecule has 0 nitrogen and oxygen atoms in total. The summed E-state index contributed by atoms with van der Waals surface area (Å²) in [6, 6.07) is 36.2. The Balaban J connectivity index is 1.64. The van der Waals surface area contributed by atoms with Crippen molar-refractivity contribution < 1.29 is 0 Å². The molecule has 1 heterocycles. The summed E-state index contributed by atoms with van der Waals surface area (Å²) in [5.41, 5.74) is 10.5. The zero-order valence-corrected chi connectivity index (χ0v) is 21.9. The first-order valence-electron chi connectivity index (χ1n) is 11.3. The van der Waals surface area contributed by atoms with E-state index in [2.05, 4.69) is 129 Å². The minimum absolute atomic E-state index is 0.332. The fourth-order valence-electron chi connectivity index (χ4n) is 6.43. The molecule has 0 amide bonds. The lowest BCUT2D eigenvalue weighted by Crippen LogP contribution is -2.25. The molecule has 0 saturated carbocycles. The van der Waals surface area contributed by atoms with Gasteiger partial charge in [-0.1, -0.05) is 92.5 Å². The minimum atomic E-state index is -0.332. The van der Waals surface area contributed by atoms with Crippen molar-refractivity contribution in [3.05, 3.63) is 128 Å². The highest BCUT2D eigenvalue weighted by Gasteiger charge is 2.52. The van der Waals surface area contributed by atoms with E-state index >= 15 is 0 Å². The van der Waals surface area contributed by atoms with Crippen molar-refractivity contribution in [3.8, 4) is 22.3 Å². The summed E-state index contributed by atoms with van der Waals surface area (Å²) in [7, 11) is 0. The van der Waals surface area contributed by atoms with Gasteiger partial charge in [-0.05, 0) is 80.9 Å². The molecule has 6 aromatic rings. The van der Waals surface area contributed by atoms with Crippen LogP contribution in [0.2, 0.25) is 0 Å². The third-order valence-corrected chi connectivity index (χ3v) is 9.73. The zero-order chi connectivity index (χ0) is 22.6. The van der Waals surface area contributed by atoms with Gasteiger partial charge in [0, 0.05) is 29.1 Å². The van der Waals surface area contributed by atoms with Crippen molar-refractivity contribution >= 4 is 63.4 Å². The number of hydrogen-bond acceptors (Lipinski definition) is 1. The number of fused-ring (bicyclic) bond motifs is 14. The first-order chi connectivity index (χ1) is 16.7. The second-order valence-corrected chi connectivity index (χ2v) is 12.1. The molecule has 3 heteroatoms. The molecule has 5 aromatic carbocycles. The van der Waals surface area contributed by atoms with Gasteiger partial charge in [0.15, 0.2) is 0 Å². The van der Waals surface area contributed by atoms with Crippen LogP contribution in [0.1, 0.15) is 22.3 Å². The van der Waals surface area contributed by atoms with Crippen molar-refractivity contribution in [2.75, 3.05) is 0 Å². The largest absolute Gasteiger partial charge is 0.135 e. The van der Waals surface area contributed by atoms with Crippen LogP contribution in [-0.4, -0.2) is 0 Å². The molecule has 0 N–H and O–H groups in total. The SMILES string of the molecule is Brc1ccc2c(c1)C1(c3cc(Br)ccc3-2)c2ccccc2-c2c1ccc1sc3ccccc3c21. The summed E-state index contributed by atoms with van der Waals surface area (Å²) >= 11 is 9.48. The van der Waals surface area contributed by atoms with Crippen molar-refractivity contribution in [1.29, 1.82) is 0 Å². The number of thiophene rings is 1. The monoisotopic (exact) mass is 578 g/mol. The Bertz CT molecular complexity index is 1790. The van der Waals surface area contributed by atoms with E-state index in [9.17, 15) is 0 Å². The van der Waals surface area contributed by atoms with Gasteiger partial charge in [0.25, 0.3) is 0 Å². The zero-order valence-electron chi connectivity index (χ0n) is 17.9. The normalized spacial score (nSPS) is 14.4. The van der Waals surface area contributed by atoms with E-state index in [1.165, 1.54) is 64.7 Å². The van der Waals surface area contributed by atoms with Gasteiger partial charge in [0.05, 0.1) is 5.41 Å². The number of hydrogen-bond donors (Lipinski definition) is 0. The highest BCUT2D eigenvalue weighted by Crippen LogP contribution is 2.64. The van der Waals surface area contributed by atoms with E-state index in [4.69, 9.17) is 0 Å². The quantitative estimate of drug-likeness (QED) is 0.168. The second-order valence-electron chi connectivity index (χ2n) is 9.13. The van der Waals surface area contributed by atoms with Crippen molar-refractivity contribution in [1.82, 2.24) is 0 Å². The molecule has 0 radical (unpaired) electrons. The van der Waals surface area contributed by atoms with Gasteiger partial charge in [-0.15, -0.1) is 11.3 Å². The smallest absolute Gasteiger partial charge is 0.0726 e. The lowest BCUT2D eigenvalue weighted by atomic mass is 9.70. The molecular formula is C31H16Br2S. The summed E-state index contributed by atoms with van der Waals surface area (Å²) in [5, 5.41) is 2.75. The maximum atomic E-state index is 3.79. The Morgan fingerprint density at radius 1 is 0.529 bits per heavy atom. The predicted molar refractivity (Wildman–Crippen MR) is 151 cm³/mol. The number of rotatable bonds is 0. The van der Waals surface area contributed by atoms with E-state index in [1.807, 2.05) is 11.3 Å². The highest BCUT2D eigenvalue weighted by atomic mass is 79.9. The molecule has 0 unspecified atom stereocenters. The van der Waals surface area contributed by atoms with Crippen LogP contribution in [0, 0.1) is 0 Å². The lowest BCUT2D eigenvalue weighted by molar-refractivity contribution is 0.793. The Morgan fingerprint density at radius 2 is 1.21 bits per heavy atom. The summed E-state index contributed by atoms with van der Waals surface area (Å²) in [4.78, 5) is 0. The molecule has 34 heavy (non-hydrogen) atoms. The summed E-state index contributed by atoms with van der Waals surface area (Å²) < 4.78 is 4.94.